The molecule has 0 aliphatic rings. The average Bonchev–Trinajstić information content (AvgIpc) is 3.53. The van der Waals surface area contributed by atoms with Crippen LogP contribution in [0.4, 0.5) is 0 Å². The van der Waals surface area contributed by atoms with Gasteiger partial charge in [0.25, 0.3) is 11.1 Å². The Bertz CT molecular complexity index is 3560. The number of carbonyl (C=O) groups excluding carboxylic acids is 1. The molecule has 4 aromatic heterocycles. The van der Waals surface area contributed by atoms with Gasteiger partial charge in [-0.3, -0.25) is 24.4 Å². The number of carbonyl (C=O) groups is 1. The highest BCUT2D eigenvalue weighted by atomic mass is 16.3. The van der Waals surface area contributed by atoms with Gasteiger partial charge in [-0.05, 0) is 187 Å². The number of aryl methyl sites for hydroxylation is 4. The van der Waals surface area contributed by atoms with Crippen LogP contribution in [0.25, 0.3) is 44.1 Å². The summed E-state index contributed by atoms with van der Waals surface area (Å²) in [6.45, 7) is 21.4. The second-order valence-corrected chi connectivity index (χ2v) is 24.5. The van der Waals surface area contributed by atoms with E-state index in [0.29, 0.717) is 62.7 Å². The highest BCUT2D eigenvalue weighted by Gasteiger charge is 2.22. The highest BCUT2D eigenvalue weighted by molar-refractivity contribution is 5.84. The fourth-order valence-corrected chi connectivity index (χ4v) is 11.4. The third kappa shape index (κ3) is 18.6. The zero-order valence-corrected chi connectivity index (χ0v) is 51.1. The summed E-state index contributed by atoms with van der Waals surface area (Å²) in [5.41, 5.74) is 17.3. The van der Waals surface area contributed by atoms with E-state index in [1.54, 1.807) is 28.2 Å². The smallest absolute Gasteiger partial charge is 0.293 e. The van der Waals surface area contributed by atoms with Gasteiger partial charge in [-0.15, -0.1) is 0 Å². The number of aromatic hydroxyl groups is 2. The first-order valence-corrected chi connectivity index (χ1v) is 30.7. The number of unbranched alkanes of at least 4 members (excludes halogenated alkanes) is 4. The van der Waals surface area contributed by atoms with E-state index in [4.69, 9.17) is 15.7 Å². The molecule has 11 heteroatoms. The van der Waals surface area contributed by atoms with Crippen LogP contribution in [0.15, 0.2) is 131 Å². The first kappa shape index (κ1) is 63.2. The molecule has 11 nitrogen and oxygen atoms in total. The summed E-state index contributed by atoms with van der Waals surface area (Å²) in [7, 11) is 0. The number of hydrogen-bond donors (Lipinski definition) is 4. The lowest BCUT2D eigenvalue weighted by molar-refractivity contribution is -0.118. The third-order valence-corrected chi connectivity index (χ3v) is 15.1. The van der Waals surface area contributed by atoms with Crippen molar-refractivity contribution < 1.29 is 15.0 Å². The quantitative estimate of drug-likeness (QED) is 0.0370. The molecule has 8 aromatic rings. The van der Waals surface area contributed by atoms with Gasteiger partial charge in [0.1, 0.15) is 0 Å². The van der Waals surface area contributed by atoms with Crippen LogP contribution in [-0.2, 0) is 69.3 Å². The fourth-order valence-electron chi connectivity index (χ4n) is 11.4. The lowest BCUT2D eigenvalue weighted by atomic mass is 9.95. The predicted molar refractivity (Wildman–Crippen MR) is 344 cm³/mol. The molecule has 0 spiro atoms. The maximum absolute atomic E-state index is 13.6. The first-order valence-electron chi connectivity index (χ1n) is 30.7. The largest absolute Gasteiger partial charge is 0.503 e. The number of pyridine rings is 4. The van der Waals surface area contributed by atoms with Crippen molar-refractivity contribution in [2.45, 2.75) is 165 Å². The van der Waals surface area contributed by atoms with Gasteiger partial charge in [-0.25, -0.2) is 0 Å². The van der Waals surface area contributed by atoms with Gasteiger partial charge in [0, 0.05) is 60.5 Å². The van der Waals surface area contributed by atoms with Crippen LogP contribution >= 0.6 is 0 Å². The van der Waals surface area contributed by atoms with Crippen molar-refractivity contribution in [1.29, 1.82) is 0 Å². The zero-order chi connectivity index (χ0) is 59.6. The fraction of sp³-hybridized carbons (Fsp3) is 0.431. The van der Waals surface area contributed by atoms with Gasteiger partial charge in [-0.1, -0.05) is 153 Å². The Morgan fingerprint density at radius 2 is 0.880 bits per heavy atom. The molecule has 0 radical (unpaired) electrons. The Balaban J connectivity index is 0.000000239. The number of fused-ring (bicyclic) bond motifs is 2. The molecule has 0 saturated heterocycles. The number of amides is 1. The minimum atomic E-state index is -0.356. The first-order chi connectivity index (χ1) is 39.8. The number of nitrogens with zero attached hydrogens (tertiary/aromatic N) is 4. The lowest BCUT2D eigenvalue weighted by Crippen LogP contribution is -2.24. The standard InChI is InChI=1S/C37H47N3O3.C35H45N3O2/c1-25(2)19-31-24-35(42)37(43)40(18-16-28-14-15-29-11-8-9-12-30(29)21-28)36(31)32-22-33(39-34(23-32)20-26(3)4)13-7-6-10-17-38-27(5)41;1-24(2)18-29-23-33(39)35(40)38(17-15-26-13-14-27-10-7-8-11-28(27)20-26)34(29)30-21-31(12-6-5-9-16-36)37-32(22-30)19-25(3)4/h8-9,11-12,14-15,21-26,42H,6-7,10,13,16-20H2,1-5H3,(H,38,41);7-8,10-11,13-14,20-25,39H,5-6,9,12,15-19,36H2,1-4H3. The molecular weight excluding hydrogens is 1030 g/mol. The summed E-state index contributed by atoms with van der Waals surface area (Å²) < 4.78 is 3.59. The predicted octanol–water partition coefficient (Wildman–Crippen LogP) is 14.3. The third-order valence-electron chi connectivity index (χ3n) is 15.1. The van der Waals surface area contributed by atoms with Crippen molar-refractivity contribution in [3.8, 4) is 34.0 Å². The summed E-state index contributed by atoms with van der Waals surface area (Å²) in [6, 6.07) is 41.5. The van der Waals surface area contributed by atoms with Gasteiger partial charge in [0.2, 0.25) is 5.91 Å². The van der Waals surface area contributed by atoms with E-state index in [-0.39, 0.29) is 28.5 Å². The summed E-state index contributed by atoms with van der Waals surface area (Å²) in [6.07, 6.45) is 12.4. The summed E-state index contributed by atoms with van der Waals surface area (Å²) in [5, 5.41) is 29.2. The zero-order valence-electron chi connectivity index (χ0n) is 51.1. The van der Waals surface area contributed by atoms with Crippen molar-refractivity contribution in [3.05, 3.63) is 187 Å². The number of aromatic nitrogens is 4. The number of nitrogens with two attached hydrogens (primary N) is 1. The van der Waals surface area contributed by atoms with Crippen LogP contribution in [-0.4, -0.2) is 48.3 Å². The SMILES string of the molecule is CC(=O)NCCCCCc1cc(-c2c(CC(C)C)cc(O)c(=O)n2CCc2ccc3ccccc3c2)cc(CC(C)C)n1.CC(C)Cc1cc(-c2c(CC(C)C)cc(O)c(=O)n2CCc2ccc3ccccc3c2)cc(CCCCCN)n1. The minimum absolute atomic E-state index is 0.00505. The molecule has 0 unspecified atom stereocenters. The van der Waals surface area contributed by atoms with Gasteiger partial charge in [0.15, 0.2) is 11.5 Å². The van der Waals surface area contributed by atoms with Crippen LogP contribution in [0.5, 0.6) is 11.5 Å². The van der Waals surface area contributed by atoms with Crippen LogP contribution < -0.4 is 22.2 Å². The van der Waals surface area contributed by atoms with E-state index in [0.717, 1.165) is 139 Å². The maximum atomic E-state index is 13.6. The molecule has 440 valence electrons. The highest BCUT2D eigenvalue weighted by Crippen LogP contribution is 2.32. The molecule has 0 aliphatic carbocycles. The molecule has 0 bridgehead atoms. The molecule has 4 heterocycles. The van der Waals surface area contributed by atoms with E-state index in [2.05, 4.69) is 146 Å². The number of benzene rings is 4. The van der Waals surface area contributed by atoms with Gasteiger partial charge in [-0.2, -0.15) is 0 Å². The molecule has 5 N–H and O–H groups in total. The Labute approximate surface area is 493 Å². The second kappa shape index (κ2) is 30.8. The number of hydrogen-bond acceptors (Lipinski definition) is 8. The van der Waals surface area contributed by atoms with Crippen molar-refractivity contribution in [2.24, 2.45) is 29.4 Å². The van der Waals surface area contributed by atoms with Crippen LogP contribution in [0.1, 0.15) is 146 Å². The normalized spacial score (nSPS) is 11.6. The molecule has 8 rings (SSSR count). The Morgan fingerprint density at radius 1 is 0.482 bits per heavy atom. The monoisotopic (exact) mass is 1120 g/mol. The average molecular weight is 1120 g/mol. The van der Waals surface area contributed by atoms with Crippen LogP contribution in [0, 0.1) is 23.7 Å². The maximum Gasteiger partial charge on any atom is 0.293 e. The lowest BCUT2D eigenvalue weighted by Gasteiger charge is -2.21. The molecule has 0 fully saturated rings. The number of nitrogens with one attached hydrogen (secondary N) is 1. The minimum Gasteiger partial charge on any atom is -0.503 e. The Morgan fingerprint density at radius 3 is 1.28 bits per heavy atom. The van der Waals surface area contributed by atoms with E-state index in [9.17, 15) is 24.6 Å². The van der Waals surface area contributed by atoms with Gasteiger partial charge in [0.05, 0.1) is 11.4 Å². The summed E-state index contributed by atoms with van der Waals surface area (Å²) >= 11 is 0. The van der Waals surface area contributed by atoms with Crippen molar-refractivity contribution in [1.82, 2.24) is 24.4 Å². The molecule has 4 aromatic carbocycles. The van der Waals surface area contributed by atoms with Crippen molar-refractivity contribution in [3.63, 3.8) is 0 Å². The molecule has 0 atom stereocenters. The van der Waals surface area contributed by atoms with E-state index in [1.165, 1.54) is 27.1 Å². The van der Waals surface area contributed by atoms with Gasteiger partial charge >= 0.3 is 0 Å². The molecular formula is C72H92N6O5. The second-order valence-electron chi connectivity index (χ2n) is 24.5. The molecule has 0 saturated carbocycles. The van der Waals surface area contributed by atoms with Crippen LogP contribution in [0.2, 0.25) is 0 Å². The Hall–Kier alpha value is -7.37. The molecule has 83 heavy (non-hydrogen) atoms. The molecule has 0 aliphatic heterocycles. The van der Waals surface area contributed by atoms with E-state index < -0.39 is 0 Å². The Kier molecular flexibility index (Phi) is 23.5. The topological polar surface area (TPSA) is 165 Å². The summed E-state index contributed by atoms with van der Waals surface area (Å²) in [5.74, 6) is 1.26. The van der Waals surface area contributed by atoms with Crippen molar-refractivity contribution in [2.75, 3.05) is 13.1 Å². The summed E-state index contributed by atoms with van der Waals surface area (Å²) in [4.78, 5) is 48.3. The van der Waals surface area contributed by atoms with Crippen molar-refractivity contribution >= 4 is 27.5 Å². The van der Waals surface area contributed by atoms with Crippen LogP contribution in [0.3, 0.4) is 0 Å². The van der Waals surface area contributed by atoms with Gasteiger partial charge < -0.3 is 30.4 Å². The van der Waals surface area contributed by atoms with E-state index in [1.807, 2.05) is 24.3 Å². The molecule has 1 amide bonds. The number of rotatable bonds is 27. The van der Waals surface area contributed by atoms with E-state index >= 15 is 0 Å².